The molecule has 116 valence electrons. The zero-order chi connectivity index (χ0) is 16.4. The van der Waals surface area contributed by atoms with Crippen LogP contribution >= 0.6 is 0 Å². The number of hydrogen-bond acceptors (Lipinski definition) is 3. The van der Waals surface area contributed by atoms with Crippen LogP contribution in [0.4, 0.5) is 20.6 Å². The van der Waals surface area contributed by atoms with E-state index in [2.05, 4.69) is 5.32 Å². The van der Waals surface area contributed by atoms with Crippen molar-refractivity contribution in [3.8, 4) is 6.07 Å². The van der Waals surface area contributed by atoms with Gasteiger partial charge in [0.15, 0.2) is 0 Å². The van der Waals surface area contributed by atoms with Gasteiger partial charge in [-0.15, -0.1) is 0 Å². The summed E-state index contributed by atoms with van der Waals surface area (Å²) in [4.78, 5) is 12.4. The summed E-state index contributed by atoms with van der Waals surface area (Å²) in [5.74, 6) is -0.562. The number of anilines is 2. The molecule has 0 aliphatic carbocycles. The zero-order valence-electron chi connectivity index (χ0n) is 12.2. The molecule has 0 unspecified atom stereocenters. The van der Waals surface area contributed by atoms with E-state index in [9.17, 15) is 9.18 Å². The molecule has 0 spiro atoms. The van der Waals surface area contributed by atoms with Crippen LogP contribution in [0.1, 0.15) is 16.7 Å². The van der Waals surface area contributed by atoms with E-state index in [0.29, 0.717) is 25.2 Å². The molecule has 5 nitrogen and oxygen atoms in total. The van der Waals surface area contributed by atoms with Gasteiger partial charge in [0.05, 0.1) is 5.56 Å². The molecular formula is C17H14FN3O2. The van der Waals surface area contributed by atoms with E-state index in [-0.39, 0.29) is 5.56 Å². The molecule has 1 heterocycles. The number of carboxylic acid groups (broad SMARTS) is 1. The molecule has 1 aliphatic rings. The average molecular weight is 311 g/mol. The maximum Gasteiger partial charge on any atom is 0.407 e. The van der Waals surface area contributed by atoms with Crippen molar-refractivity contribution in [3.63, 3.8) is 0 Å². The van der Waals surface area contributed by atoms with E-state index in [4.69, 9.17) is 10.4 Å². The number of amides is 1. The SMILES string of the molecule is N#Cc1ccc(Nc2ccc3c(c2)CCN(C(=O)O)C3)cc1F. The fraction of sp³-hybridized carbons (Fsp3) is 0.176. The lowest BCUT2D eigenvalue weighted by atomic mass is 9.99. The van der Waals surface area contributed by atoms with Gasteiger partial charge in [0.2, 0.25) is 0 Å². The molecule has 2 aromatic carbocycles. The van der Waals surface area contributed by atoms with Crippen molar-refractivity contribution in [1.29, 1.82) is 5.26 Å². The summed E-state index contributed by atoms with van der Waals surface area (Å²) in [6.07, 6.45) is -0.260. The molecule has 0 bridgehead atoms. The van der Waals surface area contributed by atoms with E-state index in [1.54, 1.807) is 12.1 Å². The minimum absolute atomic E-state index is 0.00903. The standard InChI is InChI=1S/C17H14FN3O2/c18-16-8-15(3-1-12(16)9-19)20-14-4-2-13-10-21(17(22)23)6-5-11(13)7-14/h1-4,7-8,20H,5-6,10H2,(H,22,23). The topological polar surface area (TPSA) is 76.4 Å². The smallest absolute Gasteiger partial charge is 0.407 e. The minimum atomic E-state index is -0.911. The molecule has 0 aromatic heterocycles. The minimum Gasteiger partial charge on any atom is -0.465 e. The van der Waals surface area contributed by atoms with Crippen LogP contribution in [0.2, 0.25) is 0 Å². The van der Waals surface area contributed by atoms with Gasteiger partial charge in [-0.1, -0.05) is 6.07 Å². The lowest BCUT2D eigenvalue weighted by Crippen LogP contribution is -2.34. The highest BCUT2D eigenvalue weighted by molar-refractivity contribution is 5.66. The van der Waals surface area contributed by atoms with Crippen molar-refractivity contribution in [1.82, 2.24) is 4.90 Å². The molecule has 0 atom stereocenters. The normalized spacial score (nSPS) is 13.1. The number of nitrogens with zero attached hydrogens (tertiary/aromatic N) is 2. The van der Waals surface area contributed by atoms with Crippen molar-refractivity contribution in [3.05, 3.63) is 58.9 Å². The van der Waals surface area contributed by atoms with Crippen LogP contribution in [0.3, 0.4) is 0 Å². The first-order valence-corrected chi connectivity index (χ1v) is 7.13. The Bertz CT molecular complexity index is 814. The fourth-order valence-corrected chi connectivity index (χ4v) is 2.64. The molecule has 0 saturated carbocycles. The Hall–Kier alpha value is -3.07. The fourth-order valence-electron chi connectivity index (χ4n) is 2.64. The van der Waals surface area contributed by atoms with Crippen molar-refractivity contribution >= 4 is 17.5 Å². The molecule has 1 amide bonds. The van der Waals surface area contributed by atoms with Crippen LogP contribution in [0.15, 0.2) is 36.4 Å². The number of hydrogen-bond donors (Lipinski definition) is 2. The third kappa shape index (κ3) is 3.09. The highest BCUT2D eigenvalue weighted by Gasteiger charge is 2.20. The lowest BCUT2D eigenvalue weighted by Gasteiger charge is -2.26. The Kier molecular flexibility index (Phi) is 3.85. The number of fused-ring (bicyclic) bond motifs is 1. The average Bonchev–Trinajstić information content (AvgIpc) is 2.54. The lowest BCUT2D eigenvalue weighted by molar-refractivity contribution is 0.140. The first-order chi connectivity index (χ1) is 11.1. The van der Waals surface area contributed by atoms with Crippen molar-refractivity contribution in [2.75, 3.05) is 11.9 Å². The van der Waals surface area contributed by atoms with Crippen LogP contribution in [0.25, 0.3) is 0 Å². The molecule has 0 saturated heterocycles. The summed E-state index contributed by atoms with van der Waals surface area (Å²) in [6.45, 7) is 0.855. The molecule has 6 heteroatoms. The molecular weight excluding hydrogens is 297 g/mol. The number of carbonyl (C=O) groups is 1. The number of nitriles is 1. The van der Waals surface area contributed by atoms with Crippen LogP contribution in [0.5, 0.6) is 0 Å². The molecule has 1 aliphatic heterocycles. The number of nitrogens with one attached hydrogen (secondary N) is 1. The highest BCUT2D eigenvalue weighted by atomic mass is 19.1. The Balaban J connectivity index is 1.79. The molecule has 0 fully saturated rings. The van der Waals surface area contributed by atoms with Crippen LogP contribution in [0, 0.1) is 17.1 Å². The second-order valence-corrected chi connectivity index (χ2v) is 5.37. The largest absolute Gasteiger partial charge is 0.465 e. The highest BCUT2D eigenvalue weighted by Crippen LogP contribution is 2.25. The van der Waals surface area contributed by atoms with Gasteiger partial charge in [-0.3, -0.25) is 0 Å². The Morgan fingerprint density at radius 3 is 2.65 bits per heavy atom. The van der Waals surface area contributed by atoms with E-state index in [0.717, 1.165) is 16.8 Å². The van der Waals surface area contributed by atoms with Gasteiger partial charge in [-0.05, 0) is 47.9 Å². The maximum atomic E-state index is 13.6. The Morgan fingerprint density at radius 2 is 1.96 bits per heavy atom. The number of benzene rings is 2. The van der Waals surface area contributed by atoms with Gasteiger partial charge >= 0.3 is 6.09 Å². The first kappa shape index (κ1) is 14.9. The summed E-state index contributed by atoms with van der Waals surface area (Å²) < 4.78 is 13.6. The van der Waals surface area contributed by atoms with Crippen LogP contribution in [-0.4, -0.2) is 22.6 Å². The van der Waals surface area contributed by atoms with E-state index in [1.165, 1.54) is 17.0 Å². The summed E-state index contributed by atoms with van der Waals surface area (Å²) in [6, 6.07) is 11.8. The van der Waals surface area contributed by atoms with Gasteiger partial charge in [0.25, 0.3) is 0 Å². The second kappa shape index (κ2) is 5.97. The predicted molar refractivity (Wildman–Crippen MR) is 83.0 cm³/mol. The van der Waals surface area contributed by atoms with E-state index < -0.39 is 11.9 Å². The van der Waals surface area contributed by atoms with Gasteiger partial charge in [0, 0.05) is 24.5 Å². The van der Waals surface area contributed by atoms with E-state index >= 15 is 0 Å². The summed E-state index contributed by atoms with van der Waals surface area (Å²) in [7, 11) is 0. The number of rotatable bonds is 2. The molecule has 2 aromatic rings. The van der Waals surface area contributed by atoms with Gasteiger partial charge in [-0.25, -0.2) is 9.18 Å². The van der Waals surface area contributed by atoms with Crippen molar-refractivity contribution in [2.24, 2.45) is 0 Å². The monoisotopic (exact) mass is 311 g/mol. The second-order valence-electron chi connectivity index (χ2n) is 5.37. The molecule has 0 radical (unpaired) electrons. The third-order valence-electron chi connectivity index (χ3n) is 3.87. The molecule has 2 N–H and O–H groups in total. The predicted octanol–water partition coefficient (Wildman–Crippen LogP) is 3.48. The quantitative estimate of drug-likeness (QED) is 0.890. The summed E-state index contributed by atoms with van der Waals surface area (Å²) in [5.41, 5.74) is 3.44. The zero-order valence-corrected chi connectivity index (χ0v) is 12.2. The van der Waals surface area contributed by atoms with Gasteiger partial charge < -0.3 is 15.3 Å². The summed E-state index contributed by atoms with van der Waals surface area (Å²) in [5, 5.41) is 20.9. The van der Waals surface area contributed by atoms with Crippen molar-refractivity contribution < 1.29 is 14.3 Å². The van der Waals surface area contributed by atoms with Crippen LogP contribution in [-0.2, 0) is 13.0 Å². The number of halogens is 1. The Morgan fingerprint density at radius 1 is 1.22 bits per heavy atom. The Labute approximate surface area is 132 Å². The summed E-state index contributed by atoms with van der Waals surface area (Å²) >= 11 is 0. The first-order valence-electron chi connectivity index (χ1n) is 7.13. The van der Waals surface area contributed by atoms with Gasteiger partial charge in [0.1, 0.15) is 11.9 Å². The van der Waals surface area contributed by atoms with Crippen LogP contribution < -0.4 is 5.32 Å². The molecule has 3 rings (SSSR count). The van der Waals surface area contributed by atoms with E-state index in [1.807, 2.05) is 18.2 Å². The molecule has 23 heavy (non-hydrogen) atoms. The third-order valence-corrected chi connectivity index (χ3v) is 3.87. The van der Waals surface area contributed by atoms with Crippen molar-refractivity contribution in [2.45, 2.75) is 13.0 Å². The maximum absolute atomic E-state index is 13.6. The van der Waals surface area contributed by atoms with Gasteiger partial charge in [-0.2, -0.15) is 5.26 Å².